The summed E-state index contributed by atoms with van der Waals surface area (Å²) >= 11 is 0. The molecule has 0 saturated carbocycles. The van der Waals surface area contributed by atoms with Crippen molar-refractivity contribution in [2.24, 2.45) is 0 Å². The van der Waals surface area contributed by atoms with E-state index in [1.54, 1.807) is 0 Å². The van der Waals surface area contributed by atoms with Crippen LogP contribution >= 0.6 is 0 Å². The van der Waals surface area contributed by atoms with E-state index < -0.39 is 23.4 Å². The van der Waals surface area contributed by atoms with Crippen LogP contribution in [0.2, 0.25) is 0 Å². The van der Waals surface area contributed by atoms with Crippen LogP contribution in [0.4, 0.5) is 13.2 Å². The molecule has 0 aliphatic carbocycles. The fraction of sp³-hybridized carbons (Fsp3) is 0.167. The van der Waals surface area contributed by atoms with E-state index in [1.807, 2.05) is 0 Å². The van der Waals surface area contributed by atoms with Crippen LogP contribution in [0.25, 0.3) is 0 Å². The van der Waals surface area contributed by atoms with Crippen LogP contribution in [-0.4, -0.2) is 23.0 Å². The normalized spacial score (nSPS) is 10.5. The summed E-state index contributed by atoms with van der Waals surface area (Å²) in [6.07, 6.45) is 1.03. The van der Waals surface area contributed by atoms with E-state index in [2.05, 4.69) is 14.7 Å². The molecule has 1 aromatic carbocycles. The molecule has 0 aliphatic heterocycles. The molecular weight excluding hydrogens is 261 g/mol. The first-order valence-corrected chi connectivity index (χ1v) is 5.27. The fourth-order valence-electron chi connectivity index (χ4n) is 1.58. The molecule has 1 heterocycles. The lowest BCUT2D eigenvalue weighted by molar-refractivity contribution is 0.0594. The van der Waals surface area contributed by atoms with Crippen LogP contribution in [0, 0.1) is 17.5 Å². The monoisotopic (exact) mass is 270 g/mol. The Hall–Kier alpha value is -2.31. The molecular formula is C12H9F3N2O2. The van der Waals surface area contributed by atoms with Gasteiger partial charge in [-0.05, 0) is 6.07 Å². The highest BCUT2D eigenvalue weighted by atomic mass is 19.2. The lowest BCUT2D eigenvalue weighted by atomic mass is 10.1. The second-order valence-electron chi connectivity index (χ2n) is 3.77. The van der Waals surface area contributed by atoms with Gasteiger partial charge in [0, 0.05) is 18.1 Å². The van der Waals surface area contributed by atoms with E-state index in [-0.39, 0.29) is 23.5 Å². The average Bonchev–Trinajstić information content (AvgIpc) is 2.83. The standard InChI is InChI=1S/C12H9F3N2O2/c1-19-12(18)9-5-16-10(17-9)3-6-2-7(13)4-8(14)11(6)15/h2,4-5H,3H2,1H3,(H,16,17). The Kier molecular flexibility index (Phi) is 3.55. The predicted molar refractivity (Wildman–Crippen MR) is 59.0 cm³/mol. The smallest absolute Gasteiger partial charge is 0.356 e. The number of hydrogen-bond donors (Lipinski definition) is 1. The first kappa shape index (κ1) is 13.1. The fourth-order valence-corrected chi connectivity index (χ4v) is 1.58. The van der Waals surface area contributed by atoms with Gasteiger partial charge in [-0.1, -0.05) is 0 Å². The zero-order valence-corrected chi connectivity index (χ0v) is 9.84. The first-order valence-electron chi connectivity index (χ1n) is 5.27. The minimum Gasteiger partial charge on any atom is -0.464 e. The van der Waals surface area contributed by atoms with E-state index >= 15 is 0 Å². The molecule has 0 saturated heterocycles. The van der Waals surface area contributed by atoms with Gasteiger partial charge in [-0.15, -0.1) is 0 Å². The van der Waals surface area contributed by atoms with Crippen molar-refractivity contribution in [1.82, 2.24) is 9.97 Å². The Balaban J connectivity index is 2.26. The Labute approximate surface area is 106 Å². The first-order chi connectivity index (χ1) is 9.01. The summed E-state index contributed by atoms with van der Waals surface area (Å²) in [5.41, 5.74) is -0.113. The summed E-state index contributed by atoms with van der Waals surface area (Å²) in [6.45, 7) is 0. The number of carbonyl (C=O) groups excluding carboxylic acids is 1. The van der Waals surface area contributed by atoms with Gasteiger partial charge in [0.15, 0.2) is 11.6 Å². The zero-order valence-electron chi connectivity index (χ0n) is 9.84. The van der Waals surface area contributed by atoms with Gasteiger partial charge in [0.05, 0.1) is 13.3 Å². The van der Waals surface area contributed by atoms with Crippen molar-refractivity contribution in [2.45, 2.75) is 6.42 Å². The molecule has 0 atom stereocenters. The Morgan fingerprint density at radius 3 is 2.79 bits per heavy atom. The summed E-state index contributed by atoms with van der Waals surface area (Å²) in [7, 11) is 1.20. The number of carbonyl (C=O) groups is 1. The number of aromatic nitrogens is 2. The summed E-state index contributed by atoms with van der Waals surface area (Å²) in [5.74, 6) is -3.73. The Bertz CT molecular complexity index is 625. The minimum absolute atomic E-state index is 0.0785. The number of imidazole rings is 1. The number of nitrogens with one attached hydrogen (secondary N) is 1. The number of halogens is 3. The van der Waals surface area contributed by atoms with Gasteiger partial charge in [0.1, 0.15) is 17.3 Å². The van der Waals surface area contributed by atoms with Crippen molar-refractivity contribution in [3.05, 3.63) is 52.9 Å². The molecule has 0 radical (unpaired) electrons. The second-order valence-corrected chi connectivity index (χ2v) is 3.77. The number of benzene rings is 1. The van der Waals surface area contributed by atoms with E-state index in [0.29, 0.717) is 6.07 Å². The van der Waals surface area contributed by atoms with Gasteiger partial charge < -0.3 is 9.72 Å². The largest absolute Gasteiger partial charge is 0.464 e. The molecule has 0 amide bonds. The van der Waals surface area contributed by atoms with Gasteiger partial charge >= 0.3 is 5.97 Å². The number of ether oxygens (including phenoxy) is 1. The molecule has 19 heavy (non-hydrogen) atoms. The lowest BCUT2D eigenvalue weighted by Crippen LogP contribution is -2.02. The molecule has 100 valence electrons. The number of rotatable bonds is 3. The molecule has 2 aromatic rings. The molecule has 4 nitrogen and oxygen atoms in total. The summed E-state index contributed by atoms with van der Waals surface area (Å²) in [4.78, 5) is 17.6. The van der Waals surface area contributed by atoms with Crippen LogP contribution in [0.15, 0.2) is 18.3 Å². The van der Waals surface area contributed by atoms with Gasteiger partial charge in [0.25, 0.3) is 0 Å². The third kappa shape index (κ3) is 2.75. The maximum atomic E-state index is 13.4. The maximum absolute atomic E-state index is 13.4. The summed E-state index contributed by atoms with van der Waals surface area (Å²) < 4.78 is 43.9. The van der Waals surface area contributed by atoms with Crippen molar-refractivity contribution < 1.29 is 22.7 Å². The third-order valence-electron chi connectivity index (χ3n) is 2.46. The van der Waals surface area contributed by atoms with Crippen molar-refractivity contribution in [3.8, 4) is 0 Å². The van der Waals surface area contributed by atoms with Crippen molar-refractivity contribution in [1.29, 1.82) is 0 Å². The highest BCUT2D eigenvalue weighted by Gasteiger charge is 2.14. The quantitative estimate of drug-likeness (QED) is 0.687. The Morgan fingerprint density at radius 1 is 1.37 bits per heavy atom. The summed E-state index contributed by atoms with van der Waals surface area (Å²) in [6, 6.07) is 1.33. The third-order valence-corrected chi connectivity index (χ3v) is 2.46. The highest BCUT2D eigenvalue weighted by molar-refractivity contribution is 5.86. The van der Waals surface area contributed by atoms with Crippen molar-refractivity contribution in [2.75, 3.05) is 7.11 Å². The lowest BCUT2D eigenvalue weighted by Gasteiger charge is -2.02. The second kappa shape index (κ2) is 5.13. The highest BCUT2D eigenvalue weighted by Crippen LogP contribution is 2.17. The topological polar surface area (TPSA) is 55.0 Å². The SMILES string of the molecule is COC(=O)c1cnc(Cc2cc(F)cc(F)c2F)[nH]1. The van der Waals surface area contributed by atoms with Crippen LogP contribution in [0.1, 0.15) is 21.9 Å². The Morgan fingerprint density at radius 2 is 2.11 bits per heavy atom. The van der Waals surface area contributed by atoms with Crippen LogP contribution in [0.5, 0.6) is 0 Å². The van der Waals surface area contributed by atoms with Gasteiger partial charge in [-0.3, -0.25) is 0 Å². The minimum atomic E-state index is -1.27. The van der Waals surface area contributed by atoms with E-state index in [1.165, 1.54) is 13.3 Å². The molecule has 0 aliphatic rings. The number of aromatic amines is 1. The molecule has 0 bridgehead atoms. The number of esters is 1. The molecule has 1 aromatic heterocycles. The number of H-pyrrole nitrogens is 1. The van der Waals surface area contributed by atoms with Gasteiger partial charge in [-0.2, -0.15) is 0 Å². The van der Waals surface area contributed by atoms with Crippen molar-refractivity contribution in [3.63, 3.8) is 0 Å². The van der Waals surface area contributed by atoms with E-state index in [9.17, 15) is 18.0 Å². The molecule has 1 N–H and O–H groups in total. The van der Waals surface area contributed by atoms with Gasteiger partial charge in [-0.25, -0.2) is 22.9 Å². The maximum Gasteiger partial charge on any atom is 0.356 e. The average molecular weight is 270 g/mol. The predicted octanol–water partition coefficient (Wildman–Crippen LogP) is 2.20. The number of methoxy groups -OCH3 is 1. The molecule has 0 unspecified atom stereocenters. The van der Waals surface area contributed by atoms with Crippen LogP contribution in [-0.2, 0) is 11.2 Å². The summed E-state index contributed by atoms with van der Waals surface area (Å²) in [5, 5.41) is 0. The molecule has 2 rings (SSSR count). The zero-order chi connectivity index (χ0) is 14.0. The molecule has 7 heteroatoms. The molecule has 0 fully saturated rings. The number of hydrogen-bond acceptors (Lipinski definition) is 3. The van der Waals surface area contributed by atoms with Crippen LogP contribution < -0.4 is 0 Å². The van der Waals surface area contributed by atoms with E-state index in [0.717, 1.165) is 6.07 Å². The molecule has 0 spiro atoms. The number of nitrogens with zero attached hydrogens (tertiary/aromatic N) is 1. The van der Waals surface area contributed by atoms with Crippen molar-refractivity contribution >= 4 is 5.97 Å². The van der Waals surface area contributed by atoms with Crippen LogP contribution in [0.3, 0.4) is 0 Å². The van der Waals surface area contributed by atoms with E-state index in [4.69, 9.17) is 0 Å². The van der Waals surface area contributed by atoms with Gasteiger partial charge in [0.2, 0.25) is 0 Å².